The van der Waals surface area contributed by atoms with Crippen molar-refractivity contribution in [1.29, 1.82) is 0 Å². The van der Waals surface area contributed by atoms with Gasteiger partial charge in [0.05, 0.1) is 12.7 Å². The summed E-state index contributed by atoms with van der Waals surface area (Å²) in [6.07, 6.45) is 1.90. The highest BCUT2D eigenvalue weighted by molar-refractivity contribution is 7.89. The molecule has 0 unspecified atom stereocenters. The number of hydrogen-bond donors (Lipinski definition) is 1. The fraction of sp³-hybridized carbons (Fsp3) is 0.250. The summed E-state index contributed by atoms with van der Waals surface area (Å²) in [6, 6.07) is 0.829. The summed E-state index contributed by atoms with van der Waals surface area (Å²) in [4.78, 5) is 13.7. The van der Waals surface area contributed by atoms with Crippen LogP contribution in [0.15, 0.2) is 23.4 Å². The van der Waals surface area contributed by atoms with Crippen LogP contribution in [0.2, 0.25) is 0 Å². The van der Waals surface area contributed by atoms with Crippen LogP contribution in [-0.2, 0) is 14.8 Å². The average molecular weight is 232 g/mol. The highest BCUT2D eigenvalue weighted by atomic mass is 32.2. The molecule has 1 N–H and O–H groups in total. The molecule has 1 aromatic rings. The number of aromatic nitrogens is 1. The van der Waals surface area contributed by atoms with Crippen molar-refractivity contribution in [3.05, 3.63) is 24.3 Å². The molecular formula is C8H9FN2O3S. The quantitative estimate of drug-likeness (QED) is 0.798. The van der Waals surface area contributed by atoms with Crippen LogP contribution < -0.4 is 4.72 Å². The molecule has 1 rings (SSSR count). The van der Waals surface area contributed by atoms with E-state index < -0.39 is 15.8 Å². The third-order valence-electron chi connectivity index (χ3n) is 1.50. The van der Waals surface area contributed by atoms with Crippen molar-refractivity contribution in [2.24, 2.45) is 0 Å². The Morgan fingerprint density at radius 2 is 2.20 bits per heavy atom. The number of pyridine rings is 1. The topological polar surface area (TPSA) is 76.1 Å². The molecule has 0 radical (unpaired) electrons. The lowest BCUT2D eigenvalue weighted by Gasteiger charge is -2.03. The van der Waals surface area contributed by atoms with Crippen molar-refractivity contribution in [1.82, 2.24) is 9.71 Å². The molecule has 7 heteroatoms. The fourth-order valence-electron chi connectivity index (χ4n) is 0.819. The van der Waals surface area contributed by atoms with Gasteiger partial charge in [0.25, 0.3) is 0 Å². The number of Topliss-reactive ketones (excluding diaryl/α,β-unsaturated/α-hetero) is 1. The van der Waals surface area contributed by atoms with E-state index >= 15 is 0 Å². The van der Waals surface area contributed by atoms with Gasteiger partial charge in [0.2, 0.25) is 10.0 Å². The van der Waals surface area contributed by atoms with E-state index in [9.17, 15) is 17.6 Å². The smallest absolute Gasteiger partial charge is 0.242 e. The predicted octanol–water partition coefficient (Wildman–Crippen LogP) is 0.0880. The standard InChI is InChI=1S/C8H9FN2O3S/c1-6(12)3-11-15(13,14)8-2-7(9)4-10-5-8/h2,4-5,11H,3H2,1H3. The van der Waals surface area contributed by atoms with Crippen LogP contribution in [0, 0.1) is 5.82 Å². The molecule has 0 saturated heterocycles. The molecule has 82 valence electrons. The number of nitrogens with one attached hydrogen (secondary N) is 1. The van der Waals surface area contributed by atoms with Crippen LogP contribution in [-0.4, -0.2) is 25.7 Å². The number of carbonyl (C=O) groups is 1. The van der Waals surface area contributed by atoms with E-state index in [-0.39, 0.29) is 17.2 Å². The van der Waals surface area contributed by atoms with E-state index in [0.717, 1.165) is 18.5 Å². The Morgan fingerprint density at radius 1 is 1.53 bits per heavy atom. The summed E-state index contributed by atoms with van der Waals surface area (Å²) in [5.74, 6) is -1.08. The number of ketones is 1. The number of hydrogen-bond acceptors (Lipinski definition) is 4. The molecule has 0 fully saturated rings. The summed E-state index contributed by atoms with van der Waals surface area (Å²) in [5, 5.41) is 0. The molecule has 0 saturated carbocycles. The monoisotopic (exact) mass is 232 g/mol. The van der Waals surface area contributed by atoms with Crippen LogP contribution in [0.25, 0.3) is 0 Å². The second-order valence-electron chi connectivity index (χ2n) is 2.87. The first kappa shape index (κ1) is 11.7. The summed E-state index contributed by atoms with van der Waals surface area (Å²) in [7, 11) is -3.85. The maximum Gasteiger partial charge on any atom is 0.242 e. The minimum Gasteiger partial charge on any atom is -0.299 e. The van der Waals surface area contributed by atoms with E-state index in [1.165, 1.54) is 6.92 Å². The van der Waals surface area contributed by atoms with Gasteiger partial charge in [0.1, 0.15) is 16.5 Å². The largest absolute Gasteiger partial charge is 0.299 e. The lowest BCUT2D eigenvalue weighted by Crippen LogP contribution is -2.28. The SMILES string of the molecule is CC(=O)CNS(=O)(=O)c1cncc(F)c1. The molecule has 0 aromatic carbocycles. The average Bonchev–Trinajstić information content (AvgIpc) is 2.15. The van der Waals surface area contributed by atoms with Gasteiger partial charge in [-0.15, -0.1) is 0 Å². The molecule has 0 aliphatic carbocycles. The summed E-state index contributed by atoms with van der Waals surface area (Å²) in [5.41, 5.74) is 0. The molecular weight excluding hydrogens is 223 g/mol. The summed E-state index contributed by atoms with van der Waals surface area (Å²) in [6.45, 7) is 0.922. The van der Waals surface area contributed by atoms with Gasteiger partial charge in [-0.2, -0.15) is 0 Å². The first-order chi connectivity index (χ1) is 6.92. The maximum atomic E-state index is 12.7. The number of halogens is 1. The molecule has 0 amide bonds. The van der Waals surface area contributed by atoms with Crippen molar-refractivity contribution in [2.75, 3.05) is 6.54 Å². The Hall–Kier alpha value is -1.34. The van der Waals surface area contributed by atoms with E-state index in [1.807, 2.05) is 4.72 Å². The molecule has 0 aliphatic heterocycles. The Balaban J connectivity index is 2.91. The van der Waals surface area contributed by atoms with Crippen molar-refractivity contribution in [3.63, 3.8) is 0 Å². The molecule has 1 aromatic heterocycles. The molecule has 15 heavy (non-hydrogen) atoms. The van der Waals surface area contributed by atoms with Crippen molar-refractivity contribution in [2.45, 2.75) is 11.8 Å². The van der Waals surface area contributed by atoms with Crippen LogP contribution in [0.1, 0.15) is 6.92 Å². The third-order valence-corrected chi connectivity index (χ3v) is 2.87. The van der Waals surface area contributed by atoms with Crippen LogP contribution in [0.3, 0.4) is 0 Å². The number of sulfonamides is 1. The molecule has 5 nitrogen and oxygen atoms in total. The van der Waals surface area contributed by atoms with Crippen molar-refractivity contribution < 1.29 is 17.6 Å². The highest BCUT2D eigenvalue weighted by Crippen LogP contribution is 2.07. The summed E-state index contributed by atoms with van der Waals surface area (Å²) >= 11 is 0. The van der Waals surface area contributed by atoms with E-state index in [2.05, 4.69) is 4.98 Å². The predicted molar refractivity (Wildman–Crippen MR) is 50.1 cm³/mol. The first-order valence-corrected chi connectivity index (χ1v) is 5.50. The van der Waals surface area contributed by atoms with E-state index in [1.54, 1.807) is 0 Å². The van der Waals surface area contributed by atoms with Gasteiger partial charge in [-0.1, -0.05) is 0 Å². The van der Waals surface area contributed by atoms with Gasteiger partial charge >= 0.3 is 0 Å². The van der Waals surface area contributed by atoms with Crippen LogP contribution in [0.5, 0.6) is 0 Å². The molecule has 0 bridgehead atoms. The van der Waals surface area contributed by atoms with Gasteiger partial charge in [-0.05, 0) is 13.0 Å². The first-order valence-electron chi connectivity index (χ1n) is 4.01. The third kappa shape index (κ3) is 3.37. The maximum absolute atomic E-state index is 12.7. The Morgan fingerprint density at radius 3 is 2.73 bits per heavy atom. The fourth-order valence-corrected chi connectivity index (χ4v) is 1.85. The Labute approximate surface area is 86.4 Å². The molecule has 0 aliphatic rings. The highest BCUT2D eigenvalue weighted by Gasteiger charge is 2.15. The van der Waals surface area contributed by atoms with Crippen molar-refractivity contribution in [3.8, 4) is 0 Å². The van der Waals surface area contributed by atoms with Gasteiger partial charge in [-0.25, -0.2) is 17.5 Å². The van der Waals surface area contributed by atoms with Crippen LogP contribution in [0.4, 0.5) is 4.39 Å². The lowest BCUT2D eigenvalue weighted by atomic mass is 10.5. The lowest BCUT2D eigenvalue weighted by molar-refractivity contribution is -0.115. The molecule has 1 heterocycles. The van der Waals surface area contributed by atoms with Gasteiger partial charge in [0.15, 0.2) is 0 Å². The van der Waals surface area contributed by atoms with E-state index in [0.29, 0.717) is 0 Å². The second kappa shape index (κ2) is 4.45. The summed E-state index contributed by atoms with van der Waals surface area (Å²) < 4.78 is 37.5. The molecule has 0 atom stereocenters. The number of rotatable bonds is 4. The van der Waals surface area contributed by atoms with Gasteiger partial charge in [0, 0.05) is 6.20 Å². The zero-order valence-corrected chi connectivity index (χ0v) is 8.71. The van der Waals surface area contributed by atoms with Crippen molar-refractivity contribution >= 4 is 15.8 Å². The van der Waals surface area contributed by atoms with Gasteiger partial charge < -0.3 is 0 Å². The van der Waals surface area contributed by atoms with E-state index in [4.69, 9.17) is 0 Å². The normalized spacial score (nSPS) is 11.3. The second-order valence-corrected chi connectivity index (χ2v) is 4.63. The minimum atomic E-state index is -3.85. The van der Waals surface area contributed by atoms with Crippen LogP contribution >= 0.6 is 0 Å². The molecule has 0 spiro atoms. The zero-order valence-electron chi connectivity index (χ0n) is 7.90. The number of carbonyl (C=O) groups excluding carboxylic acids is 1. The minimum absolute atomic E-state index is 0.302. The van der Waals surface area contributed by atoms with Gasteiger partial charge in [-0.3, -0.25) is 9.78 Å². The zero-order chi connectivity index (χ0) is 11.5. The Bertz CT molecular complexity index is 473. The number of nitrogens with zero attached hydrogens (tertiary/aromatic N) is 1. The Kier molecular flexibility index (Phi) is 3.48.